The van der Waals surface area contributed by atoms with Gasteiger partial charge in [0.05, 0.1) is 34.3 Å². The number of hydrogen-bond acceptors (Lipinski definition) is 3. The van der Waals surface area contributed by atoms with E-state index in [0.717, 1.165) is 50.8 Å². The largest absolute Gasteiger partial charge is 0.309 e. The molecule has 3 aromatic heterocycles. The normalized spacial score (nSPS) is 14.7. The van der Waals surface area contributed by atoms with Gasteiger partial charge in [0.1, 0.15) is 5.71 Å². The van der Waals surface area contributed by atoms with Gasteiger partial charge >= 0.3 is 0 Å². The molecular formula is C41H29N5. The molecule has 5 heteroatoms. The lowest BCUT2D eigenvalue weighted by Gasteiger charge is -2.17. The Balaban J connectivity index is 0.969. The van der Waals surface area contributed by atoms with Crippen LogP contribution in [0.25, 0.3) is 55.5 Å². The van der Waals surface area contributed by atoms with Crippen molar-refractivity contribution in [1.82, 2.24) is 19.1 Å². The Kier molecular flexibility index (Phi) is 6.20. The maximum Gasteiger partial charge on any atom is 0.163 e. The van der Waals surface area contributed by atoms with E-state index in [9.17, 15) is 0 Å². The first-order valence-electron chi connectivity index (χ1n) is 15.6. The summed E-state index contributed by atoms with van der Waals surface area (Å²) in [5.74, 6) is 1.03. The Labute approximate surface area is 266 Å². The van der Waals surface area contributed by atoms with Crippen LogP contribution in [0.4, 0.5) is 0 Å². The molecule has 1 aliphatic heterocycles. The highest BCUT2D eigenvalue weighted by molar-refractivity contribution is 6.10. The van der Waals surface area contributed by atoms with E-state index in [0.29, 0.717) is 6.54 Å². The van der Waals surface area contributed by atoms with Crippen molar-refractivity contribution < 1.29 is 0 Å². The molecule has 0 amide bonds. The van der Waals surface area contributed by atoms with E-state index < -0.39 is 0 Å². The Morgan fingerprint density at radius 1 is 0.565 bits per heavy atom. The Morgan fingerprint density at radius 3 is 1.89 bits per heavy atom. The highest BCUT2D eigenvalue weighted by Crippen LogP contribution is 2.33. The average molecular weight is 592 g/mol. The van der Waals surface area contributed by atoms with E-state index in [1.807, 2.05) is 18.3 Å². The van der Waals surface area contributed by atoms with Crippen LogP contribution in [-0.2, 0) is 0 Å². The summed E-state index contributed by atoms with van der Waals surface area (Å²) in [6, 6.07) is 48.8. The lowest BCUT2D eigenvalue weighted by atomic mass is 9.97. The van der Waals surface area contributed by atoms with Crippen molar-refractivity contribution in [3.8, 4) is 22.6 Å². The van der Waals surface area contributed by atoms with Crippen molar-refractivity contribution in [2.24, 2.45) is 4.99 Å². The first kappa shape index (κ1) is 26.3. The van der Waals surface area contributed by atoms with Crippen molar-refractivity contribution in [3.05, 3.63) is 169 Å². The number of dihydropyridines is 1. The number of benzene rings is 5. The fourth-order valence-corrected chi connectivity index (χ4v) is 6.69. The zero-order chi connectivity index (χ0) is 30.5. The molecule has 5 nitrogen and oxygen atoms in total. The second kappa shape index (κ2) is 10.8. The Hall–Kier alpha value is -6.07. The summed E-state index contributed by atoms with van der Waals surface area (Å²) in [7, 11) is 0. The van der Waals surface area contributed by atoms with Crippen molar-refractivity contribution in [2.45, 2.75) is 5.92 Å². The standard InChI is InChI=1S/C41H29N5/c1-2-10-31(11-3-1)46-40-17-9-6-14-36(40)44-41(46)37-25-21-30(27-43-37)29-20-24-35(42-26-29)28-18-22-32(23-19-28)45-38-15-7-4-12-33(38)34-13-5-8-16-39(34)45/h1-26,30H,27H2. The second-order valence-electron chi connectivity index (χ2n) is 11.7. The predicted octanol–water partition coefficient (Wildman–Crippen LogP) is 9.33. The number of nitrogens with zero attached hydrogens (tertiary/aromatic N) is 5. The highest BCUT2D eigenvalue weighted by atomic mass is 15.1. The fourth-order valence-electron chi connectivity index (χ4n) is 6.69. The molecular weight excluding hydrogens is 562 g/mol. The van der Waals surface area contributed by atoms with E-state index in [-0.39, 0.29) is 5.92 Å². The van der Waals surface area contributed by atoms with Crippen molar-refractivity contribution in [2.75, 3.05) is 6.54 Å². The van der Waals surface area contributed by atoms with E-state index in [2.05, 4.69) is 149 Å². The van der Waals surface area contributed by atoms with Gasteiger partial charge in [-0.15, -0.1) is 0 Å². The number of para-hydroxylation sites is 5. The van der Waals surface area contributed by atoms with Gasteiger partial charge in [0, 0.05) is 39.8 Å². The summed E-state index contributed by atoms with van der Waals surface area (Å²) in [5.41, 5.74) is 10.8. The summed E-state index contributed by atoms with van der Waals surface area (Å²) in [5, 5.41) is 2.53. The van der Waals surface area contributed by atoms with Crippen molar-refractivity contribution >= 4 is 38.6 Å². The fraction of sp³-hybridized carbons (Fsp3) is 0.0488. The first-order chi connectivity index (χ1) is 22.8. The second-order valence-corrected chi connectivity index (χ2v) is 11.7. The molecule has 0 N–H and O–H groups in total. The zero-order valence-electron chi connectivity index (χ0n) is 25.0. The topological polar surface area (TPSA) is 48.0 Å². The van der Waals surface area contributed by atoms with Gasteiger partial charge in [0.2, 0.25) is 0 Å². The van der Waals surface area contributed by atoms with Crippen molar-refractivity contribution in [3.63, 3.8) is 0 Å². The van der Waals surface area contributed by atoms with Crippen LogP contribution in [-0.4, -0.2) is 31.4 Å². The number of pyridine rings is 1. The third-order valence-electron chi connectivity index (χ3n) is 8.96. The van der Waals surface area contributed by atoms with Gasteiger partial charge in [-0.25, -0.2) is 4.98 Å². The Morgan fingerprint density at radius 2 is 1.22 bits per heavy atom. The van der Waals surface area contributed by atoms with E-state index in [4.69, 9.17) is 15.0 Å². The van der Waals surface area contributed by atoms with Gasteiger partial charge in [-0.05, 0) is 66.2 Å². The molecule has 9 rings (SSSR count). The molecule has 1 aliphatic rings. The van der Waals surface area contributed by atoms with Crippen LogP contribution in [0.3, 0.4) is 0 Å². The van der Waals surface area contributed by atoms with Crippen LogP contribution in [0.2, 0.25) is 0 Å². The molecule has 0 saturated heterocycles. The molecule has 218 valence electrons. The number of imidazole rings is 1. The number of allylic oxidation sites excluding steroid dienone is 1. The van der Waals surface area contributed by atoms with Crippen LogP contribution in [0.1, 0.15) is 17.3 Å². The quantitative estimate of drug-likeness (QED) is 0.200. The number of fused-ring (bicyclic) bond motifs is 4. The van der Waals surface area contributed by atoms with E-state index in [1.54, 1.807) is 0 Å². The smallest absolute Gasteiger partial charge is 0.163 e. The van der Waals surface area contributed by atoms with Crippen LogP contribution >= 0.6 is 0 Å². The first-order valence-corrected chi connectivity index (χ1v) is 15.6. The number of aliphatic imine (C=N–C) groups is 1. The van der Waals surface area contributed by atoms with Crippen molar-refractivity contribution in [1.29, 1.82) is 0 Å². The average Bonchev–Trinajstić information content (AvgIpc) is 3.69. The van der Waals surface area contributed by atoms with Gasteiger partial charge in [0.25, 0.3) is 0 Å². The van der Waals surface area contributed by atoms with Gasteiger partial charge in [0.15, 0.2) is 5.82 Å². The molecule has 0 bridgehead atoms. The molecule has 0 fully saturated rings. The van der Waals surface area contributed by atoms with Gasteiger partial charge in [-0.3, -0.25) is 14.5 Å². The predicted molar refractivity (Wildman–Crippen MR) is 188 cm³/mol. The minimum absolute atomic E-state index is 0.164. The minimum atomic E-state index is 0.164. The SMILES string of the molecule is C1=CC(c2ccc(-c3ccc(-n4c5ccccc5c5ccccc54)cc3)nc2)CN=C1c1nc2ccccc2n1-c1ccccc1. The monoisotopic (exact) mass is 591 g/mol. The number of hydrogen-bond donors (Lipinski definition) is 0. The van der Waals surface area contributed by atoms with Crippen LogP contribution in [0.5, 0.6) is 0 Å². The van der Waals surface area contributed by atoms with Crippen LogP contribution in [0.15, 0.2) is 163 Å². The van der Waals surface area contributed by atoms with Gasteiger partial charge < -0.3 is 4.57 Å². The minimum Gasteiger partial charge on any atom is -0.309 e. The number of aromatic nitrogens is 4. The summed E-state index contributed by atoms with van der Waals surface area (Å²) < 4.78 is 4.53. The van der Waals surface area contributed by atoms with Gasteiger partial charge in [-0.1, -0.05) is 91.0 Å². The lowest BCUT2D eigenvalue weighted by molar-refractivity contribution is 0.832. The molecule has 8 aromatic rings. The molecule has 1 atom stereocenters. The molecule has 4 heterocycles. The zero-order valence-corrected chi connectivity index (χ0v) is 25.0. The molecule has 5 aromatic carbocycles. The summed E-state index contributed by atoms with van der Waals surface area (Å²) in [4.78, 5) is 14.9. The summed E-state index contributed by atoms with van der Waals surface area (Å²) >= 11 is 0. The molecule has 0 spiro atoms. The maximum atomic E-state index is 5.01. The third kappa shape index (κ3) is 4.36. The molecule has 1 unspecified atom stereocenters. The van der Waals surface area contributed by atoms with E-state index >= 15 is 0 Å². The highest BCUT2D eigenvalue weighted by Gasteiger charge is 2.20. The van der Waals surface area contributed by atoms with Gasteiger partial charge in [-0.2, -0.15) is 0 Å². The summed E-state index contributed by atoms with van der Waals surface area (Å²) in [6.07, 6.45) is 6.33. The third-order valence-corrected chi connectivity index (χ3v) is 8.96. The Bertz CT molecular complexity index is 2380. The number of rotatable bonds is 5. The van der Waals surface area contributed by atoms with Crippen LogP contribution < -0.4 is 0 Å². The van der Waals surface area contributed by atoms with E-state index in [1.165, 1.54) is 21.8 Å². The summed E-state index contributed by atoms with van der Waals surface area (Å²) in [6.45, 7) is 0.651. The molecule has 0 saturated carbocycles. The molecule has 0 radical (unpaired) electrons. The maximum absolute atomic E-state index is 5.01. The lowest BCUT2D eigenvalue weighted by Crippen LogP contribution is -2.14. The molecule has 46 heavy (non-hydrogen) atoms. The van der Waals surface area contributed by atoms with Crippen LogP contribution in [0, 0.1) is 0 Å². The molecule has 0 aliphatic carbocycles.